The van der Waals surface area contributed by atoms with Crippen LogP contribution in [0.4, 0.5) is 0 Å². The summed E-state index contributed by atoms with van der Waals surface area (Å²) in [6, 6.07) is 9.58. The maximum Gasteiger partial charge on any atom is 0.242 e. The fraction of sp³-hybridized carbons (Fsp3) is 0.579. The Hall–Kier alpha value is -1.84. The highest BCUT2D eigenvalue weighted by Crippen LogP contribution is 2.10. The molecule has 4 heteroatoms. The van der Waals surface area contributed by atoms with Gasteiger partial charge in [0, 0.05) is 18.5 Å². The molecule has 0 aliphatic heterocycles. The fourth-order valence-corrected chi connectivity index (χ4v) is 2.40. The van der Waals surface area contributed by atoms with Gasteiger partial charge in [-0.2, -0.15) is 0 Å². The van der Waals surface area contributed by atoms with Gasteiger partial charge >= 0.3 is 0 Å². The van der Waals surface area contributed by atoms with Crippen LogP contribution >= 0.6 is 0 Å². The number of benzene rings is 1. The second-order valence-electron chi connectivity index (χ2n) is 6.99. The van der Waals surface area contributed by atoms with E-state index in [0.29, 0.717) is 13.0 Å². The Kier molecular flexibility index (Phi) is 7.27. The zero-order valence-electron chi connectivity index (χ0n) is 15.1. The number of hydrogen-bond acceptors (Lipinski definition) is 2. The first-order valence-electron chi connectivity index (χ1n) is 8.40. The van der Waals surface area contributed by atoms with Crippen LogP contribution in [0.1, 0.15) is 53.0 Å². The predicted octanol–water partition coefficient (Wildman–Crippen LogP) is 3.16. The van der Waals surface area contributed by atoms with E-state index in [2.05, 4.69) is 5.32 Å². The molecule has 2 amide bonds. The molecule has 1 N–H and O–H groups in total. The number of hydrogen-bond donors (Lipinski definition) is 1. The smallest absolute Gasteiger partial charge is 0.242 e. The third-order valence-corrected chi connectivity index (χ3v) is 3.61. The van der Waals surface area contributed by atoms with Crippen LogP contribution in [-0.4, -0.2) is 34.8 Å². The molecule has 128 valence electrons. The predicted molar refractivity (Wildman–Crippen MR) is 94.1 cm³/mol. The average Bonchev–Trinajstić information content (AvgIpc) is 2.47. The van der Waals surface area contributed by atoms with Crippen LogP contribution in [0.25, 0.3) is 0 Å². The molecule has 1 aromatic carbocycles. The van der Waals surface area contributed by atoms with Gasteiger partial charge in [0.15, 0.2) is 0 Å². The van der Waals surface area contributed by atoms with Gasteiger partial charge in [-0.3, -0.25) is 9.59 Å². The lowest BCUT2D eigenvalue weighted by atomic mass is 10.1. The molecule has 0 spiro atoms. The molecular weight excluding hydrogens is 288 g/mol. The summed E-state index contributed by atoms with van der Waals surface area (Å²) in [6.45, 7) is 10.2. The van der Waals surface area contributed by atoms with Crippen LogP contribution in [0.15, 0.2) is 30.3 Å². The van der Waals surface area contributed by atoms with Crippen LogP contribution < -0.4 is 5.32 Å². The summed E-state index contributed by atoms with van der Waals surface area (Å²) >= 11 is 0. The highest BCUT2D eigenvalue weighted by Gasteiger charge is 2.27. The zero-order valence-corrected chi connectivity index (χ0v) is 15.1. The summed E-state index contributed by atoms with van der Waals surface area (Å²) in [5, 5.41) is 2.96. The summed E-state index contributed by atoms with van der Waals surface area (Å²) < 4.78 is 0. The molecule has 4 nitrogen and oxygen atoms in total. The average molecular weight is 318 g/mol. The van der Waals surface area contributed by atoms with Gasteiger partial charge in [-0.15, -0.1) is 0 Å². The van der Waals surface area contributed by atoms with E-state index in [9.17, 15) is 9.59 Å². The molecule has 1 rings (SSSR count). The van der Waals surface area contributed by atoms with E-state index in [0.717, 1.165) is 12.8 Å². The van der Waals surface area contributed by atoms with Crippen molar-refractivity contribution in [3.8, 4) is 0 Å². The van der Waals surface area contributed by atoms with Crippen molar-refractivity contribution in [3.05, 3.63) is 35.9 Å². The van der Waals surface area contributed by atoms with E-state index in [4.69, 9.17) is 0 Å². The SMILES string of the molecule is CCCC(=O)N(CCc1ccccc1)[C@H](C)C(=O)NC(C)(C)C. The molecule has 0 radical (unpaired) electrons. The van der Waals surface area contributed by atoms with Crippen LogP contribution in [0.2, 0.25) is 0 Å². The molecule has 0 unspecified atom stereocenters. The number of amides is 2. The first kappa shape index (κ1) is 19.2. The van der Waals surface area contributed by atoms with Gasteiger partial charge in [0.1, 0.15) is 6.04 Å². The Morgan fingerprint density at radius 1 is 1.17 bits per heavy atom. The van der Waals surface area contributed by atoms with Gasteiger partial charge in [-0.1, -0.05) is 37.3 Å². The summed E-state index contributed by atoms with van der Waals surface area (Å²) in [5.74, 6) is -0.0602. The standard InChI is InChI=1S/C19H30N2O2/c1-6-10-17(22)21(14-13-16-11-8-7-9-12-16)15(2)18(23)20-19(3,4)5/h7-9,11-12,15H,6,10,13-14H2,1-5H3,(H,20,23)/t15-/m1/s1. The number of carbonyl (C=O) groups excluding carboxylic acids is 2. The Morgan fingerprint density at radius 3 is 2.30 bits per heavy atom. The maximum atomic E-state index is 12.4. The highest BCUT2D eigenvalue weighted by molar-refractivity contribution is 5.87. The first-order chi connectivity index (χ1) is 10.7. The van der Waals surface area contributed by atoms with E-state index >= 15 is 0 Å². The number of nitrogens with one attached hydrogen (secondary N) is 1. The summed E-state index contributed by atoms with van der Waals surface area (Å²) in [5.41, 5.74) is 0.870. The Morgan fingerprint density at radius 2 is 1.78 bits per heavy atom. The zero-order chi connectivity index (χ0) is 17.5. The minimum absolute atomic E-state index is 0.0417. The molecule has 0 fully saturated rings. The topological polar surface area (TPSA) is 49.4 Å². The second-order valence-corrected chi connectivity index (χ2v) is 6.99. The number of nitrogens with zero attached hydrogens (tertiary/aromatic N) is 1. The summed E-state index contributed by atoms with van der Waals surface area (Å²) in [7, 11) is 0. The van der Waals surface area contributed by atoms with E-state index < -0.39 is 6.04 Å². The van der Waals surface area contributed by atoms with E-state index in [1.165, 1.54) is 5.56 Å². The van der Waals surface area contributed by atoms with Gasteiger partial charge < -0.3 is 10.2 Å². The minimum Gasteiger partial charge on any atom is -0.350 e. The Labute approximate surface area is 140 Å². The lowest BCUT2D eigenvalue weighted by Crippen LogP contribution is -2.53. The molecule has 0 bridgehead atoms. The lowest BCUT2D eigenvalue weighted by Gasteiger charge is -2.31. The third kappa shape index (κ3) is 6.85. The second kappa shape index (κ2) is 8.70. The number of carbonyl (C=O) groups is 2. The van der Waals surface area contributed by atoms with Crippen molar-refractivity contribution in [2.45, 2.75) is 65.5 Å². The molecular formula is C19H30N2O2. The maximum absolute atomic E-state index is 12.4. The van der Waals surface area contributed by atoms with E-state index in [-0.39, 0.29) is 17.4 Å². The molecule has 1 aromatic rings. The van der Waals surface area contributed by atoms with Gasteiger partial charge in [0.2, 0.25) is 11.8 Å². The first-order valence-corrected chi connectivity index (χ1v) is 8.40. The molecule has 0 aliphatic rings. The monoisotopic (exact) mass is 318 g/mol. The van der Waals surface area contributed by atoms with Gasteiger partial charge in [-0.25, -0.2) is 0 Å². The van der Waals surface area contributed by atoms with Gasteiger partial charge in [-0.05, 0) is 46.1 Å². The lowest BCUT2D eigenvalue weighted by molar-refractivity contribution is -0.140. The van der Waals surface area contributed by atoms with Crippen LogP contribution in [0.3, 0.4) is 0 Å². The molecule has 0 saturated carbocycles. The van der Waals surface area contributed by atoms with Crippen LogP contribution in [0.5, 0.6) is 0 Å². The molecule has 1 atom stereocenters. The summed E-state index contributed by atoms with van der Waals surface area (Å²) in [6.07, 6.45) is 2.01. The molecule has 0 saturated heterocycles. The Balaban J connectivity index is 2.78. The van der Waals surface area contributed by atoms with Crippen LogP contribution in [0, 0.1) is 0 Å². The van der Waals surface area contributed by atoms with Crippen molar-refractivity contribution >= 4 is 11.8 Å². The molecule has 0 aromatic heterocycles. The Bertz CT molecular complexity index is 506. The van der Waals surface area contributed by atoms with Crippen LogP contribution in [-0.2, 0) is 16.0 Å². The van der Waals surface area contributed by atoms with Crippen molar-refractivity contribution in [2.75, 3.05) is 6.54 Å². The van der Waals surface area contributed by atoms with Crippen molar-refractivity contribution in [1.82, 2.24) is 10.2 Å². The van der Waals surface area contributed by atoms with Crippen molar-refractivity contribution in [2.24, 2.45) is 0 Å². The molecule has 23 heavy (non-hydrogen) atoms. The highest BCUT2D eigenvalue weighted by atomic mass is 16.2. The molecule has 0 aliphatic carbocycles. The third-order valence-electron chi connectivity index (χ3n) is 3.61. The van der Waals surface area contributed by atoms with E-state index in [1.54, 1.807) is 11.8 Å². The van der Waals surface area contributed by atoms with Gasteiger partial charge in [0.05, 0.1) is 0 Å². The number of rotatable bonds is 7. The quantitative estimate of drug-likeness (QED) is 0.839. The van der Waals surface area contributed by atoms with Gasteiger partial charge in [0.25, 0.3) is 0 Å². The normalized spacial score (nSPS) is 12.6. The van der Waals surface area contributed by atoms with E-state index in [1.807, 2.05) is 58.0 Å². The van der Waals surface area contributed by atoms with Crippen molar-refractivity contribution < 1.29 is 9.59 Å². The fourth-order valence-electron chi connectivity index (χ4n) is 2.40. The largest absolute Gasteiger partial charge is 0.350 e. The molecule has 0 heterocycles. The van der Waals surface area contributed by atoms with Crippen molar-refractivity contribution in [3.63, 3.8) is 0 Å². The van der Waals surface area contributed by atoms with Crippen molar-refractivity contribution in [1.29, 1.82) is 0 Å². The summed E-state index contributed by atoms with van der Waals surface area (Å²) in [4.78, 5) is 26.5. The minimum atomic E-state index is -0.461.